The number of ether oxygens (including phenoxy) is 1. The molecule has 0 saturated carbocycles. The highest BCUT2D eigenvalue weighted by atomic mass is 16.5. The molecule has 1 unspecified atom stereocenters. The molecule has 1 aliphatic heterocycles. The van der Waals surface area contributed by atoms with E-state index in [1.807, 2.05) is 6.92 Å². The number of anilines is 1. The van der Waals surface area contributed by atoms with Crippen molar-refractivity contribution in [3.05, 3.63) is 59.9 Å². The van der Waals surface area contributed by atoms with E-state index < -0.39 is 0 Å². The molecule has 1 fully saturated rings. The number of carbonyl (C=O) groups is 2. The van der Waals surface area contributed by atoms with E-state index in [9.17, 15) is 9.59 Å². The summed E-state index contributed by atoms with van der Waals surface area (Å²) in [7, 11) is 0. The molecule has 0 bridgehead atoms. The van der Waals surface area contributed by atoms with Gasteiger partial charge in [0.1, 0.15) is 0 Å². The fourth-order valence-corrected chi connectivity index (χ4v) is 2.62. The number of amides is 2. The van der Waals surface area contributed by atoms with Gasteiger partial charge in [0, 0.05) is 36.7 Å². The van der Waals surface area contributed by atoms with Gasteiger partial charge < -0.3 is 15.0 Å². The number of hydrogen-bond acceptors (Lipinski definition) is 4. The van der Waals surface area contributed by atoms with Crippen molar-refractivity contribution in [2.24, 2.45) is 0 Å². The molecule has 0 spiro atoms. The van der Waals surface area contributed by atoms with Gasteiger partial charge in [-0.25, -0.2) is 0 Å². The number of nitrogens with zero attached hydrogens (tertiary/aromatic N) is 2. The number of hydrogen-bond donors (Lipinski definition) is 1. The van der Waals surface area contributed by atoms with Gasteiger partial charge in [-0.2, -0.15) is 0 Å². The topological polar surface area (TPSA) is 71.5 Å². The maximum absolute atomic E-state index is 12.6. The van der Waals surface area contributed by atoms with E-state index in [1.54, 1.807) is 47.5 Å². The van der Waals surface area contributed by atoms with Gasteiger partial charge in [0.2, 0.25) is 0 Å². The molecule has 1 aromatic heterocycles. The minimum Gasteiger partial charge on any atom is -0.375 e. The molecule has 2 heterocycles. The van der Waals surface area contributed by atoms with Crippen molar-refractivity contribution < 1.29 is 14.3 Å². The van der Waals surface area contributed by atoms with Crippen LogP contribution in [0.4, 0.5) is 5.69 Å². The summed E-state index contributed by atoms with van der Waals surface area (Å²) in [5.74, 6) is -0.310. The van der Waals surface area contributed by atoms with Gasteiger partial charge in [0.05, 0.1) is 18.3 Å². The van der Waals surface area contributed by atoms with Crippen LogP contribution in [0.3, 0.4) is 0 Å². The first-order chi connectivity index (χ1) is 11.6. The van der Waals surface area contributed by atoms with Crippen molar-refractivity contribution >= 4 is 17.5 Å². The minimum absolute atomic E-state index is 0.0381. The highest BCUT2D eigenvalue weighted by Gasteiger charge is 2.22. The van der Waals surface area contributed by atoms with Gasteiger partial charge in [0.15, 0.2) is 0 Å². The maximum Gasteiger partial charge on any atom is 0.257 e. The lowest BCUT2D eigenvalue weighted by atomic mass is 10.1. The Morgan fingerprint density at radius 3 is 2.83 bits per heavy atom. The Kier molecular flexibility index (Phi) is 4.86. The molecule has 24 heavy (non-hydrogen) atoms. The predicted octanol–water partition coefficient (Wildman–Crippen LogP) is 2.19. The van der Waals surface area contributed by atoms with Crippen LogP contribution in [-0.4, -0.2) is 47.5 Å². The van der Waals surface area contributed by atoms with Gasteiger partial charge in [-0.05, 0) is 37.3 Å². The lowest BCUT2D eigenvalue weighted by molar-refractivity contribution is -0.0124. The summed E-state index contributed by atoms with van der Waals surface area (Å²) in [5, 5.41) is 2.79. The Hall–Kier alpha value is -2.73. The lowest BCUT2D eigenvalue weighted by Crippen LogP contribution is -2.44. The molecule has 124 valence electrons. The zero-order chi connectivity index (χ0) is 16.9. The van der Waals surface area contributed by atoms with Crippen molar-refractivity contribution in [3.63, 3.8) is 0 Å². The number of aromatic nitrogens is 1. The molecule has 2 amide bonds. The van der Waals surface area contributed by atoms with E-state index in [1.165, 1.54) is 6.20 Å². The van der Waals surface area contributed by atoms with Crippen LogP contribution in [0.1, 0.15) is 27.6 Å². The zero-order valence-corrected chi connectivity index (χ0v) is 13.4. The van der Waals surface area contributed by atoms with Crippen LogP contribution in [-0.2, 0) is 4.74 Å². The third kappa shape index (κ3) is 3.78. The van der Waals surface area contributed by atoms with E-state index in [0.29, 0.717) is 36.5 Å². The van der Waals surface area contributed by atoms with E-state index in [0.717, 1.165) is 0 Å². The highest BCUT2D eigenvalue weighted by Crippen LogP contribution is 2.16. The summed E-state index contributed by atoms with van der Waals surface area (Å²) in [6.45, 7) is 3.65. The first-order valence-electron chi connectivity index (χ1n) is 7.86. The van der Waals surface area contributed by atoms with Gasteiger partial charge in [-0.15, -0.1) is 0 Å². The fraction of sp³-hybridized carbons (Fsp3) is 0.278. The summed E-state index contributed by atoms with van der Waals surface area (Å²) in [4.78, 5) is 30.5. The van der Waals surface area contributed by atoms with Crippen molar-refractivity contribution in [1.82, 2.24) is 9.88 Å². The van der Waals surface area contributed by atoms with Crippen LogP contribution >= 0.6 is 0 Å². The molecule has 1 saturated heterocycles. The number of morpholine rings is 1. The van der Waals surface area contributed by atoms with Crippen molar-refractivity contribution in [3.8, 4) is 0 Å². The molecule has 1 atom stereocenters. The number of nitrogens with one attached hydrogen (secondary N) is 1. The molecular formula is C18H19N3O3. The maximum atomic E-state index is 12.6. The van der Waals surface area contributed by atoms with Crippen LogP contribution in [0.5, 0.6) is 0 Å². The summed E-state index contributed by atoms with van der Waals surface area (Å²) in [6.07, 6.45) is 3.15. The van der Waals surface area contributed by atoms with Gasteiger partial charge >= 0.3 is 0 Å². The second-order valence-corrected chi connectivity index (χ2v) is 5.71. The first-order valence-corrected chi connectivity index (χ1v) is 7.86. The van der Waals surface area contributed by atoms with Crippen LogP contribution in [0.2, 0.25) is 0 Å². The molecule has 6 nitrogen and oxygen atoms in total. The molecule has 2 aromatic rings. The average molecular weight is 325 g/mol. The van der Waals surface area contributed by atoms with Crippen LogP contribution in [0.15, 0.2) is 48.8 Å². The van der Waals surface area contributed by atoms with Gasteiger partial charge in [-0.1, -0.05) is 6.07 Å². The first kappa shape index (κ1) is 16.1. The monoisotopic (exact) mass is 325 g/mol. The van der Waals surface area contributed by atoms with Crippen molar-refractivity contribution in [1.29, 1.82) is 0 Å². The third-order valence-electron chi connectivity index (χ3n) is 3.82. The number of rotatable bonds is 3. The Labute approximate surface area is 140 Å². The smallest absolute Gasteiger partial charge is 0.257 e. The van der Waals surface area contributed by atoms with Crippen molar-refractivity contribution in [2.45, 2.75) is 13.0 Å². The van der Waals surface area contributed by atoms with Crippen LogP contribution in [0.25, 0.3) is 0 Å². The average Bonchev–Trinajstić information content (AvgIpc) is 2.62. The molecule has 1 aromatic carbocycles. The van der Waals surface area contributed by atoms with Crippen LogP contribution in [0, 0.1) is 0 Å². The van der Waals surface area contributed by atoms with Crippen molar-refractivity contribution in [2.75, 3.05) is 25.0 Å². The van der Waals surface area contributed by atoms with E-state index >= 15 is 0 Å². The van der Waals surface area contributed by atoms with Gasteiger partial charge in [0.25, 0.3) is 11.8 Å². The largest absolute Gasteiger partial charge is 0.375 e. The second kappa shape index (κ2) is 7.23. The summed E-state index contributed by atoms with van der Waals surface area (Å²) < 4.78 is 5.46. The fourth-order valence-electron chi connectivity index (χ4n) is 2.62. The highest BCUT2D eigenvalue weighted by molar-refractivity contribution is 6.04. The predicted molar refractivity (Wildman–Crippen MR) is 89.9 cm³/mol. The number of carbonyl (C=O) groups excluding carboxylic acids is 2. The Morgan fingerprint density at radius 1 is 1.25 bits per heavy atom. The molecule has 0 aliphatic carbocycles. The lowest BCUT2D eigenvalue weighted by Gasteiger charge is -2.31. The quantitative estimate of drug-likeness (QED) is 0.939. The van der Waals surface area contributed by atoms with E-state index in [2.05, 4.69) is 10.3 Å². The molecule has 0 radical (unpaired) electrons. The SMILES string of the molecule is CC1CN(C(=O)c2cccc(NC(=O)c3cccnc3)c2)CCO1. The third-order valence-corrected chi connectivity index (χ3v) is 3.82. The Balaban J connectivity index is 1.72. The van der Waals surface area contributed by atoms with E-state index in [-0.39, 0.29) is 17.9 Å². The molecule has 3 rings (SSSR count). The number of pyridine rings is 1. The molecule has 1 aliphatic rings. The Morgan fingerprint density at radius 2 is 2.08 bits per heavy atom. The zero-order valence-electron chi connectivity index (χ0n) is 13.4. The van der Waals surface area contributed by atoms with Gasteiger partial charge in [-0.3, -0.25) is 14.6 Å². The summed E-state index contributed by atoms with van der Waals surface area (Å²) >= 11 is 0. The number of benzene rings is 1. The van der Waals surface area contributed by atoms with Crippen LogP contribution < -0.4 is 5.32 Å². The molecule has 1 N–H and O–H groups in total. The van der Waals surface area contributed by atoms with E-state index in [4.69, 9.17) is 4.74 Å². The second-order valence-electron chi connectivity index (χ2n) is 5.71. The normalized spacial score (nSPS) is 17.4. The summed E-state index contributed by atoms with van der Waals surface area (Å²) in [5.41, 5.74) is 1.60. The summed E-state index contributed by atoms with van der Waals surface area (Å²) in [6, 6.07) is 10.3. The molecule has 6 heteroatoms. The molecular weight excluding hydrogens is 306 g/mol. The minimum atomic E-state index is -0.257. The standard InChI is InChI=1S/C18H19N3O3/c1-13-12-21(8-9-24-13)18(23)14-4-2-6-16(10-14)20-17(22)15-5-3-7-19-11-15/h2-7,10-11,13H,8-9,12H2,1H3,(H,20,22). The Bertz CT molecular complexity index is 733.